The highest BCUT2D eigenvalue weighted by Gasteiger charge is 2.04. The quantitative estimate of drug-likeness (QED) is 0.826. The molecule has 0 saturated heterocycles. The summed E-state index contributed by atoms with van der Waals surface area (Å²) in [5.74, 6) is 0. The van der Waals surface area contributed by atoms with Crippen molar-refractivity contribution in [3.05, 3.63) is 41.0 Å². The van der Waals surface area contributed by atoms with Crippen molar-refractivity contribution in [2.75, 3.05) is 7.11 Å². The molecule has 0 aliphatic rings. The van der Waals surface area contributed by atoms with Crippen molar-refractivity contribution in [3.8, 4) is 10.4 Å². The third kappa shape index (κ3) is 2.47. The van der Waals surface area contributed by atoms with E-state index in [0.717, 1.165) is 12.2 Å². The Kier molecular flexibility index (Phi) is 3.66. The van der Waals surface area contributed by atoms with Gasteiger partial charge in [-0.15, -0.1) is 11.3 Å². The number of aromatic nitrogens is 1. The maximum Gasteiger partial charge on any atom is 0.0801 e. The molecule has 2 rings (SSSR count). The van der Waals surface area contributed by atoms with Gasteiger partial charge in [-0.3, -0.25) is 0 Å². The molecule has 84 valence electrons. The summed E-state index contributed by atoms with van der Waals surface area (Å²) in [5, 5.41) is 0. The molecule has 0 saturated carbocycles. The lowest BCUT2D eigenvalue weighted by Gasteiger charge is -2.03. The van der Waals surface area contributed by atoms with E-state index >= 15 is 0 Å². The van der Waals surface area contributed by atoms with Gasteiger partial charge in [0.1, 0.15) is 0 Å². The Morgan fingerprint density at radius 3 is 2.62 bits per heavy atom. The normalized spacial score (nSPS) is 10.6. The molecule has 4 heteroatoms. The highest BCUT2D eigenvalue weighted by Crippen LogP contribution is 2.27. The summed E-state index contributed by atoms with van der Waals surface area (Å²) in [5.41, 5.74) is 8.22. The fourth-order valence-electron chi connectivity index (χ4n) is 1.51. The zero-order valence-electron chi connectivity index (χ0n) is 9.36. The number of aryl methyl sites for hydroxylation is 1. The van der Waals surface area contributed by atoms with Crippen molar-refractivity contribution >= 4 is 11.3 Å². The number of nitrogens with zero attached hydrogens (tertiary/aromatic N) is 1. The van der Waals surface area contributed by atoms with Gasteiger partial charge in [-0.2, -0.15) is 5.48 Å². The van der Waals surface area contributed by atoms with E-state index in [9.17, 15) is 0 Å². The monoisotopic (exact) mass is 234 g/mol. The van der Waals surface area contributed by atoms with Gasteiger partial charge in [0.25, 0.3) is 0 Å². The Balaban J connectivity index is 2.16. The van der Waals surface area contributed by atoms with Crippen LogP contribution in [0.4, 0.5) is 0 Å². The summed E-state index contributed by atoms with van der Waals surface area (Å²) in [6.45, 7) is 2.75. The molecule has 0 bridgehead atoms. The molecule has 0 atom stereocenters. The molecule has 16 heavy (non-hydrogen) atoms. The minimum absolute atomic E-state index is 0.721. The smallest absolute Gasteiger partial charge is 0.0801 e. The molecule has 0 unspecified atom stereocenters. The van der Waals surface area contributed by atoms with Crippen molar-refractivity contribution in [1.82, 2.24) is 10.5 Å². The minimum atomic E-state index is 0.721. The number of hydrogen-bond acceptors (Lipinski definition) is 4. The van der Waals surface area contributed by atoms with Gasteiger partial charge in [-0.25, -0.2) is 4.98 Å². The fourth-order valence-corrected chi connectivity index (χ4v) is 2.32. The Morgan fingerprint density at radius 1 is 1.31 bits per heavy atom. The zero-order chi connectivity index (χ0) is 11.4. The van der Waals surface area contributed by atoms with Crippen LogP contribution in [0.15, 0.2) is 29.8 Å². The molecule has 1 N–H and O–H groups in total. The highest BCUT2D eigenvalue weighted by atomic mass is 32.1. The second kappa shape index (κ2) is 5.21. The first-order valence-electron chi connectivity index (χ1n) is 5.06. The van der Waals surface area contributed by atoms with Crippen LogP contribution >= 0.6 is 11.3 Å². The summed E-state index contributed by atoms with van der Waals surface area (Å²) < 4.78 is 0. The Labute approximate surface area is 99.1 Å². The van der Waals surface area contributed by atoms with Crippen molar-refractivity contribution < 1.29 is 4.84 Å². The molecule has 1 aromatic carbocycles. The second-order valence-electron chi connectivity index (χ2n) is 3.49. The third-order valence-electron chi connectivity index (χ3n) is 2.38. The van der Waals surface area contributed by atoms with Crippen LogP contribution in [-0.4, -0.2) is 12.1 Å². The standard InChI is InChI=1S/C12H14N2OS/c1-9-12(16-8-13-9)11-5-3-10(4-6-11)7-14-15-2/h3-6,8,14H,7H2,1-2H3. The molecule has 0 amide bonds. The van der Waals surface area contributed by atoms with E-state index in [0.29, 0.717) is 0 Å². The Morgan fingerprint density at radius 2 is 2.06 bits per heavy atom. The van der Waals surface area contributed by atoms with Crippen LogP contribution in [0.2, 0.25) is 0 Å². The Hall–Kier alpha value is -1.23. The van der Waals surface area contributed by atoms with Crippen LogP contribution in [-0.2, 0) is 11.4 Å². The first kappa shape index (κ1) is 11.3. The SMILES string of the molecule is CONCc1ccc(-c2scnc2C)cc1. The lowest BCUT2D eigenvalue weighted by molar-refractivity contribution is 0.0867. The van der Waals surface area contributed by atoms with Gasteiger partial charge in [0.15, 0.2) is 0 Å². The van der Waals surface area contributed by atoms with Gasteiger partial charge < -0.3 is 4.84 Å². The van der Waals surface area contributed by atoms with E-state index in [1.807, 2.05) is 12.4 Å². The Bertz CT molecular complexity index is 450. The number of rotatable bonds is 4. The van der Waals surface area contributed by atoms with E-state index in [4.69, 9.17) is 4.84 Å². The van der Waals surface area contributed by atoms with Gasteiger partial charge in [-0.1, -0.05) is 24.3 Å². The number of hydroxylamine groups is 1. The molecule has 0 aliphatic carbocycles. The number of thiazole rings is 1. The highest BCUT2D eigenvalue weighted by molar-refractivity contribution is 7.13. The number of hydrogen-bond donors (Lipinski definition) is 1. The molecule has 0 aliphatic heterocycles. The largest absolute Gasteiger partial charge is 0.305 e. The van der Waals surface area contributed by atoms with Gasteiger partial charge in [0.05, 0.1) is 23.2 Å². The van der Waals surface area contributed by atoms with Gasteiger partial charge in [0.2, 0.25) is 0 Å². The lowest BCUT2D eigenvalue weighted by atomic mass is 10.1. The van der Waals surface area contributed by atoms with Crippen molar-refractivity contribution in [2.24, 2.45) is 0 Å². The maximum absolute atomic E-state index is 4.81. The topological polar surface area (TPSA) is 34.1 Å². The van der Waals surface area contributed by atoms with E-state index in [1.54, 1.807) is 18.4 Å². The molecule has 0 fully saturated rings. The minimum Gasteiger partial charge on any atom is -0.305 e. The first-order valence-corrected chi connectivity index (χ1v) is 5.94. The van der Waals surface area contributed by atoms with E-state index in [-0.39, 0.29) is 0 Å². The van der Waals surface area contributed by atoms with Crippen molar-refractivity contribution in [3.63, 3.8) is 0 Å². The molecular weight excluding hydrogens is 220 g/mol. The molecule has 0 spiro atoms. The van der Waals surface area contributed by atoms with Crippen molar-refractivity contribution in [1.29, 1.82) is 0 Å². The number of benzene rings is 1. The van der Waals surface area contributed by atoms with Gasteiger partial charge >= 0.3 is 0 Å². The zero-order valence-corrected chi connectivity index (χ0v) is 10.2. The van der Waals surface area contributed by atoms with Crippen LogP contribution < -0.4 is 5.48 Å². The van der Waals surface area contributed by atoms with E-state index in [2.05, 4.69) is 34.7 Å². The molecule has 1 heterocycles. The van der Waals surface area contributed by atoms with Crippen molar-refractivity contribution in [2.45, 2.75) is 13.5 Å². The third-order valence-corrected chi connectivity index (χ3v) is 3.36. The molecule has 3 nitrogen and oxygen atoms in total. The average molecular weight is 234 g/mol. The summed E-state index contributed by atoms with van der Waals surface area (Å²) in [6, 6.07) is 8.43. The average Bonchev–Trinajstić information content (AvgIpc) is 2.74. The van der Waals surface area contributed by atoms with Crippen LogP contribution in [0.1, 0.15) is 11.3 Å². The van der Waals surface area contributed by atoms with Crippen LogP contribution in [0.3, 0.4) is 0 Å². The second-order valence-corrected chi connectivity index (χ2v) is 4.34. The summed E-state index contributed by atoms with van der Waals surface area (Å²) in [7, 11) is 1.62. The molecule has 0 radical (unpaired) electrons. The fraction of sp³-hybridized carbons (Fsp3) is 0.250. The predicted molar refractivity (Wildman–Crippen MR) is 66.1 cm³/mol. The first-order chi connectivity index (χ1) is 7.81. The van der Waals surface area contributed by atoms with Crippen LogP contribution in [0.5, 0.6) is 0 Å². The summed E-state index contributed by atoms with van der Waals surface area (Å²) in [4.78, 5) is 10.3. The molecular formula is C12H14N2OS. The number of nitrogens with one attached hydrogen (secondary N) is 1. The van der Waals surface area contributed by atoms with E-state index in [1.165, 1.54) is 16.0 Å². The van der Waals surface area contributed by atoms with E-state index < -0.39 is 0 Å². The van der Waals surface area contributed by atoms with Crippen LogP contribution in [0, 0.1) is 6.92 Å². The van der Waals surface area contributed by atoms with Gasteiger partial charge in [0, 0.05) is 6.54 Å². The summed E-state index contributed by atoms with van der Waals surface area (Å²) in [6.07, 6.45) is 0. The van der Waals surface area contributed by atoms with Gasteiger partial charge in [-0.05, 0) is 18.1 Å². The lowest BCUT2D eigenvalue weighted by Crippen LogP contribution is -2.10. The molecule has 1 aromatic heterocycles. The molecule has 2 aromatic rings. The van der Waals surface area contributed by atoms with Crippen LogP contribution in [0.25, 0.3) is 10.4 Å². The predicted octanol–water partition coefficient (Wildman–Crippen LogP) is 2.77. The maximum atomic E-state index is 4.81. The summed E-state index contributed by atoms with van der Waals surface area (Å²) >= 11 is 1.67.